The van der Waals surface area contributed by atoms with Crippen molar-refractivity contribution in [2.75, 3.05) is 0 Å². The number of carboxylic acids is 1. The van der Waals surface area contributed by atoms with Crippen LogP contribution in [-0.2, 0) is 0 Å². The average Bonchev–Trinajstić information content (AvgIpc) is 2.80. The minimum Gasteiger partial charge on any atom is -0.478 e. The van der Waals surface area contributed by atoms with Gasteiger partial charge in [0.25, 0.3) is 0 Å². The summed E-state index contributed by atoms with van der Waals surface area (Å²) >= 11 is 0. The third-order valence-electron chi connectivity index (χ3n) is 2.12. The molecule has 0 aromatic heterocycles. The third kappa shape index (κ3) is 3.83. The molecule has 1 aromatic carbocycles. The highest BCUT2D eigenvalue weighted by atomic mass is 33.1. The molecule has 0 unspecified atom stereocenters. The van der Waals surface area contributed by atoms with Gasteiger partial charge in [0.2, 0.25) is 0 Å². The second-order valence-electron chi connectivity index (χ2n) is 3.15. The Kier molecular flexibility index (Phi) is 5.28. The molecule has 0 aliphatic carbocycles. The van der Waals surface area contributed by atoms with E-state index < -0.39 is 5.97 Å². The van der Waals surface area contributed by atoms with Crippen molar-refractivity contribution in [1.29, 1.82) is 0 Å². The van der Waals surface area contributed by atoms with Crippen LogP contribution in [0, 0.1) is 13.8 Å². The van der Waals surface area contributed by atoms with Gasteiger partial charge in [0, 0.05) is 22.6 Å². The molecule has 3 nitrogen and oxygen atoms in total. The summed E-state index contributed by atoms with van der Waals surface area (Å²) in [5.74, 6) is -0.855. The molecule has 5 heteroatoms. The molecule has 2 N–H and O–H groups in total. The zero-order valence-electron chi connectivity index (χ0n) is 9.06. The van der Waals surface area contributed by atoms with Crippen molar-refractivity contribution in [1.82, 2.24) is 4.72 Å². The van der Waals surface area contributed by atoms with Crippen LogP contribution >= 0.6 is 21.8 Å². The number of hydrogen-bond acceptors (Lipinski definition) is 4. The molecular formula is C11H13NO2S2. The van der Waals surface area contributed by atoms with Gasteiger partial charge in [-0.15, -0.1) is 0 Å². The predicted octanol–water partition coefficient (Wildman–Crippen LogP) is 3.36. The Hall–Kier alpha value is -1.07. The van der Waals surface area contributed by atoms with Gasteiger partial charge in [0.05, 0.1) is 5.56 Å². The van der Waals surface area contributed by atoms with Crippen molar-refractivity contribution in [2.45, 2.75) is 13.8 Å². The van der Waals surface area contributed by atoms with Crippen LogP contribution in [0.25, 0.3) is 0 Å². The molecular weight excluding hydrogens is 242 g/mol. The number of rotatable bonds is 1. The Labute approximate surface area is 103 Å². The Morgan fingerprint density at radius 1 is 1.38 bits per heavy atom. The van der Waals surface area contributed by atoms with E-state index in [1.165, 1.54) is 0 Å². The highest BCUT2D eigenvalue weighted by Crippen LogP contribution is 2.22. The van der Waals surface area contributed by atoms with Gasteiger partial charge in [-0.1, -0.05) is 12.1 Å². The highest BCUT2D eigenvalue weighted by Gasteiger charge is 2.06. The van der Waals surface area contributed by atoms with Crippen LogP contribution in [0.4, 0.5) is 0 Å². The first-order chi connectivity index (χ1) is 7.63. The molecule has 0 atom stereocenters. The molecule has 1 heterocycles. The number of hydrogen-bond donors (Lipinski definition) is 2. The topological polar surface area (TPSA) is 49.3 Å². The summed E-state index contributed by atoms with van der Waals surface area (Å²) < 4.78 is 2.92. The Morgan fingerprint density at radius 3 is 2.50 bits per heavy atom. The molecule has 16 heavy (non-hydrogen) atoms. The number of carbonyl (C=O) groups is 1. The van der Waals surface area contributed by atoms with Gasteiger partial charge >= 0.3 is 5.97 Å². The summed E-state index contributed by atoms with van der Waals surface area (Å²) in [7, 11) is 3.33. The van der Waals surface area contributed by atoms with Crippen LogP contribution < -0.4 is 4.72 Å². The predicted molar refractivity (Wildman–Crippen MR) is 70.3 cm³/mol. The molecule has 0 radical (unpaired) electrons. The van der Waals surface area contributed by atoms with Crippen molar-refractivity contribution >= 4 is 27.7 Å². The van der Waals surface area contributed by atoms with Crippen LogP contribution in [0.2, 0.25) is 0 Å². The molecule has 2 rings (SSSR count). The van der Waals surface area contributed by atoms with Crippen molar-refractivity contribution in [3.63, 3.8) is 0 Å². The van der Waals surface area contributed by atoms with Crippen molar-refractivity contribution in [2.24, 2.45) is 0 Å². The standard InChI is InChI=1S/C9H10O2.C2H3NS2/c1-6-4-3-5-8(7(6)2)9(10)11;1-2-4-5-3-1/h3-5H,1-2H3,(H,10,11);1-3H. The molecule has 0 fully saturated rings. The van der Waals surface area contributed by atoms with Crippen molar-refractivity contribution in [3.05, 3.63) is 46.5 Å². The molecule has 0 bridgehead atoms. The number of aromatic carboxylic acids is 1. The number of nitrogens with one attached hydrogen (secondary N) is 1. The molecule has 0 spiro atoms. The van der Waals surface area contributed by atoms with Crippen LogP contribution in [0.3, 0.4) is 0 Å². The fraction of sp³-hybridized carbons (Fsp3) is 0.182. The van der Waals surface area contributed by atoms with Gasteiger partial charge in [0.15, 0.2) is 0 Å². The summed E-state index contributed by atoms with van der Waals surface area (Å²) in [6, 6.07) is 5.28. The molecule has 0 saturated heterocycles. The SMILES string of the molecule is C1=CSSN1.Cc1cccc(C(=O)O)c1C. The Morgan fingerprint density at radius 2 is 2.12 bits per heavy atom. The van der Waals surface area contributed by atoms with E-state index in [4.69, 9.17) is 5.11 Å². The quantitative estimate of drug-likeness (QED) is 0.595. The van der Waals surface area contributed by atoms with E-state index >= 15 is 0 Å². The molecule has 0 amide bonds. The molecule has 1 aliphatic heterocycles. The lowest BCUT2D eigenvalue weighted by molar-refractivity contribution is 0.0696. The molecule has 1 aliphatic rings. The van der Waals surface area contributed by atoms with E-state index in [0.717, 1.165) is 11.1 Å². The third-order valence-corrected chi connectivity index (χ3v) is 3.61. The van der Waals surface area contributed by atoms with E-state index in [1.807, 2.05) is 31.5 Å². The summed E-state index contributed by atoms with van der Waals surface area (Å²) in [6.45, 7) is 3.72. The zero-order valence-corrected chi connectivity index (χ0v) is 10.7. The monoisotopic (exact) mass is 255 g/mol. The minimum atomic E-state index is -0.855. The Balaban J connectivity index is 0.000000212. The van der Waals surface area contributed by atoms with Gasteiger partial charge in [-0.2, -0.15) is 0 Å². The number of benzene rings is 1. The largest absolute Gasteiger partial charge is 0.478 e. The van der Waals surface area contributed by atoms with E-state index in [-0.39, 0.29) is 0 Å². The normalized spacial score (nSPS) is 12.6. The van der Waals surface area contributed by atoms with Crippen LogP contribution in [-0.4, -0.2) is 11.1 Å². The van der Waals surface area contributed by atoms with Gasteiger partial charge in [-0.05, 0) is 41.8 Å². The first-order valence-electron chi connectivity index (χ1n) is 4.65. The average molecular weight is 255 g/mol. The molecule has 86 valence electrons. The lowest BCUT2D eigenvalue weighted by Gasteiger charge is -2.02. The summed E-state index contributed by atoms with van der Waals surface area (Å²) in [6.07, 6.45) is 1.91. The van der Waals surface area contributed by atoms with Gasteiger partial charge in [0.1, 0.15) is 0 Å². The first kappa shape index (κ1) is 13.0. The van der Waals surface area contributed by atoms with E-state index in [9.17, 15) is 4.79 Å². The fourth-order valence-electron chi connectivity index (χ4n) is 1.12. The maximum atomic E-state index is 10.6. The number of aryl methyl sites for hydroxylation is 1. The summed E-state index contributed by atoms with van der Waals surface area (Å²) in [5.41, 5.74) is 2.26. The van der Waals surface area contributed by atoms with Crippen LogP contribution in [0.5, 0.6) is 0 Å². The lowest BCUT2D eigenvalue weighted by Crippen LogP contribution is -2.00. The summed E-state index contributed by atoms with van der Waals surface area (Å²) in [5, 5.41) is 10.7. The number of carboxylic acid groups (broad SMARTS) is 1. The second kappa shape index (κ2) is 6.50. The van der Waals surface area contributed by atoms with Crippen LogP contribution in [0.15, 0.2) is 29.8 Å². The van der Waals surface area contributed by atoms with Gasteiger partial charge in [-0.3, -0.25) is 0 Å². The molecule has 0 saturated carbocycles. The maximum Gasteiger partial charge on any atom is 0.335 e. The lowest BCUT2D eigenvalue weighted by atomic mass is 10.0. The highest BCUT2D eigenvalue weighted by molar-refractivity contribution is 8.77. The van der Waals surface area contributed by atoms with E-state index in [0.29, 0.717) is 5.56 Å². The molecule has 1 aromatic rings. The van der Waals surface area contributed by atoms with E-state index in [2.05, 4.69) is 4.72 Å². The van der Waals surface area contributed by atoms with Crippen molar-refractivity contribution in [3.8, 4) is 0 Å². The maximum absolute atomic E-state index is 10.6. The first-order valence-corrected chi connectivity index (χ1v) is 6.86. The zero-order chi connectivity index (χ0) is 12.0. The van der Waals surface area contributed by atoms with Gasteiger partial charge < -0.3 is 9.83 Å². The fourth-order valence-corrected chi connectivity index (χ4v) is 2.23. The smallest absolute Gasteiger partial charge is 0.335 e. The van der Waals surface area contributed by atoms with Crippen LogP contribution in [0.1, 0.15) is 21.5 Å². The Bertz CT molecular complexity index is 399. The second-order valence-corrected chi connectivity index (χ2v) is 5.10. The van der Waals surface area contributed by atoms with Gasteiger partial charge in [-0.25, -0.2) is 4.79 Å². The minimum absolute atomic E-state index is 0.394. The van der Waals surface area contributed by atoms with E-state index in [1.54, 1.807) is 33.9 Å². The van der Waals surface area contributed by atoms with Crippen molar-refractivity contribution < 1.29 is 9.90 Å². The summed E-state index contributed by atoms with van der Waals surface area (Å²) in [4.78, 5) is 10.6.